The molecule has 0 aromatic heterocycles. The van der Waals surface area contributed by atoms with Crippen molar-refractivity contribution in [2.45, 2.75) is 0 Å². The molecule has 0 aliphatic rings. The molecule has 118 valence electrons. The van der Waals surface area contributed by atoms with Gasteiger partial charge in [-0.15, -0.1) is 0 Å². The maximum absolute atomic E-state index is 13.4. The van der Waals surface area contributed by atoms with E-state index in [-0.39, 0.29) is 23.5 Å². The van der Waals surface area contributed by atoms with Gasteiger partial charge in [0.2, 0.25) is 5.91 Å². The summed E-state index contributed by atoms with van der Waals surface area (Å²) in [4.78, 5) is 33.4. The highest BCUT2D eigenvalue weighted by Crippen LogP contribution is 2.13. The number of amides is 2. The molecule has 0 spiro atoms. The molecule has 2 N–H and O–H groups in total. The molecule has 0 unspecified atom stereocenters. The number of carbonyl (C=O) groups excluding carboxylic acids is 2. The lowest BCUT2D eigenvalue weighted by molar-refractivity contribution is -0.384. The third-order valence-electron chi connectivity index (χ3n) is 2.90. The summed E-state index contributed by atoms with van der Waals surface area (Å²) in [5.41, 5.74) is 0.0511. The van der Waals surface area contributed by atoms with Crippen LogP contribution in [0.1, 0.15) is 10.4 Å². The number of carbonyl (C=O) groups is 2. The Labute approximate surface area is 130 Å². The van der Waals surface area contributed by atoms with Gasteiger partial charge >= 0.3 is 0 Å². The molecule has 2 rings (SSSR count). The van der Waals surface area contributed by atoms with Gasteiger partial charge in [0, 0.05) is 17.7 Å². The van der Waals surface area contributed by atoms with Crippen molar-refractivity contribution >= 4 is 23.2 Å². The number of hydrogen-bond acceptors (Lipinski definition) is 4. The van der Waals surface area contributed by atoms with Crippen molar-refractivity contribution in [1.29, 1.82) is 0 Å². The van der Waals surface area contributed by atoms with Crippen LogP contribution in [0.15, 0.2) is 48.5 Å². The number of hydrogen-bond donors (Lipinski definition) is 2. The van der Waals surface area contributed by atoms with Crippen molar-refractivity contribution in [2.24, 2.45) is 0 Å². The molecular weight excluding hydrogens is 305 g/mol. The van der Waals surface area contributed by atoms with E-state index in [1.807, 2.05) is 0 Å². The molecular formula is C15H12FN3O4. The quantitative estimate of drug-likeness (QED) is 0.651. The normalized spacial score (nSPS) is 9.96. The highest BCUT2D eigenvalue weighted by molar-refractivity contribution is 5.99. The zero-order valence-corrected chi connectivity index (χ0v) is 11.8. The van der Waals surface area contributed by atoms with Crippen molar-refractivity contribution in [3.8, 4) is 0 Å². The summed E-state index contributed by atoms with van der Waals surface area (Å²) in [6.45, 7) is -0.357. The first-order valence-electron chi connectivity index (χ1n) is 6.54. The lowest BCUT2D eigenvalue weighted by Crippen LogP contribution is -2.33. The monoisotopic (exact) mass is 317 g/mol. The molecule has 2 aromatic rings. The zero-order valence-electron chi connectivity index (χ0n) is 11.8. The number of nitrogens with zero attached hydrogens (tertiary/aromatic N) is 1. The first-order chi connectivity index (χ1) is 11.0. The van der Waals surface area contributed by atoms with Crippen molar-refractivity contribution in [1.82, 2.24) is 5.32 Å². The van der Waals surface area contributed by atoms with E-state index in [0.29, 0.717) is 0 Å². The average Bonchev–Trinajstić information content (AvgIpc) is 2.55. The molecule has 23 heavy (non-hydrogen) atoms. The molecule has 0 fully saturated rings. The van der Waals surface area contributed by atoms with Gasteiger partial charge in [-0.25, -0.2) is 4.39 Å². The standard InChI is InChI=1S/C15H12FN3O4/c16-12-3-1-2-4-13(12)18-14(20)9-17-15(21)10-5-7-11(8-6-10)19(22)23/h1-8H,9H2,(H,17,21)(H,18,20). The number of nitro groups is 1. The molecule has 0 atom stereocenters. The van der Waals surface area contributed by atoms with E-state index < -0.39 is 22.6 Å². The average molecular weight is 317 g/mol. The summed E-state index contributed by atoms with van der Waals surface area (Å²) >= 11 is 0. The van der Waals surface area contributed by atoms with Crippen LogP contribution in [0.3, 0.4) is 0 Å². The highest BCUT2D eigenvalue weighted by atomic mass is 19.1. The summed E-state index contributed by atoms with van der Waals surface area (Å²) in [6.07, 6.45) is 0. The summed E-state index contributed by atoms with van der Waals surface area (Å²) < 4.78 is 13.4. The Kier molecular flexibility index (Phi) is 4.98. The second kappa shape index (κ2) is 7.12. The van der Waals surface area contributed by atoms with E-state index >= 15 is 0 Å². The zero-order chi connectivity index (χ0) is 16.8. The maximum Gasteiger partial charge on any atom is 0.269 e. The number of rotatable bonds is 5. The number of halogens is 1. The van der Waals surface area contributed by atoms with Crippen LogP contribution in [-0.2, 0) is 4.79 Å². The SMILES string of the molecule is O=C(CNC(=O)c1ccc([N+](=O)[O-])cc1)Nc1ccccc1F. The van der Waals surface area contributed by atoms with Crippen molar-refractivity contribution in [3.05, 3.63) is 70.0 Å². The molecule has 0 radical (unpaired) electrons. The molecule has 0 bridgehead atoms. The van der Waals surface area contributed by atoms with Gasteiger partial charge in [0.05, 0.1) is 17.2 Å². The number of nitrogens with one attached hydrogen (secondary N) is 2. The molecule has 2 aromatic carbocycles. The minimum Gasteiger partial charge on any atom is -0.343 e. The first kappa shape index (κ1) is 16.1. The summed E-state index contributed by atoms with van der Waals surface area (Å²) in [7, 11) is 0. The highest BCUT2D eigenvalue weighted by Gasteiger charge is 2.11. The smallest absolute Gasteiger partial charge is 0.269 e. The Morgan fingerprint density at radius 3 is 2.35 bits per heavy atom. The molecule has 0 saturated heterocycles. The van der Waals surface area contributed by atoms with Crippen LogP contribution >= 0.6 is 0 Å². The van der Waals surface area contributed by atoms with E-state index in [1.54, 1.807) is 6.07 Å². The fourth-order valence-electron chi connectivity index (χ4n) is 1.75. The van der Waals surface area contributed by atoms with Crippen LogP contribution in [0.5, 0.6) is 0 Å². The number of anilines is 1. The maximum atomic E-state index is 13.4. The van der Waals surface area contributed by atoms with Crippen molar-refractivity contribution in [2.75, 3.05) is 11.9 Å². The largest absolute Gasteiger partial charge is 0.343 e. The van der Waals surface area contributed by atoms with Crippen LogP contribution in [-0.4, -0.2) is 23.3 Å². The van der Waals surface area contributed by atoms with Gasteiger partial charge in [0.1, 0.15) is 5.82 Å². The minimum absolute atomic E-state index is 0.0158. The molecule has 0 aliphatic heterocycles. The van der Waals surface area contributed by atoms with Crippen LogP contribution in [0, 0.1) is 15.9 Å². The molecule has 0 aliphatic carbocycles. The lowest BCUT2D eigenvalue weighted by Gasteiger charge is -2.07. The van der Waals surface area contributed by atoms with Gasteiger partial charge in [-0.05, 0) is 24.3 Å². The molecule has 2 amide bonds. The fourth-order valence-corrected chi connectivity index (χ4v) is 1.75. The Morgan fingerprint density at radius 2 is 1.74 bits per heavy atom. The van der Waals surface area contributed by atoms with E-state index in [9.17, 15) is 24.1 Å². The van der Waals surface area contributed by atoms with E-state index in [2.05, 4.69) is 10.6 Å². The molecule has 0 saturated carbocycles. The van der Waals surface area contributed by atoms with Crippen LogP contribution < -0.4 is 10.6 Å². The Hall–Kier alpha value is -3.29. The second-order valence-electron chi connectivity index (χ2n) is 4.51. The number of non-ortho nitro benzene ring substituents is 1. The summed E-state index contributed by atoms with van der Waals surface area (Å²) in [5, 5.41) is 15.2. The predicted octanol–water partition coefficient (Wildman–Crippen LogP) is 2.10. The number of nitro benzene ring substituents is 1. The Bertz CT molecular complexity index is 747. The van der Waals surface area contributed by atoms with Crippen molar-refractivity contribution < 1.29 is 18.9 Å². The van der Waals surface area contributed by atoms with Crippen molar-refractivity contribution in [3.63, 3.8) is 0 Å². The van der Waals surface area contributed by atoms with E-state index in [4.69, 9.17) is 0 Å². The van der Waals surface area contributed by atoms with Gasteiger partial charge in [0.15, 0.2) is 0 Å². The van der Waals surface area contributed by atoms with E-state index in [1.165, 1.54) is 42.5 Å². The third-order valence-corrected chi connectivity index (χ3v) is 2.90. The van der Waals surface area contributed by atoms with Crippen LogP contribution in [0.4, 0.5) is 15.8 Å². The second-order valence-corrected chi connectivity index (χ2v) is 4.51. The Morgan fingerprint density at radius 1 is 1.09 bits per heavy atom. The molecule has 7 nitrogen and oxygen atoms in total. The lowest BCUT2D eigenvalue weighted by atomic mass is 10.2. The van der Waals surface area contributed by atoms with Gasteiger partial charge in [0.25, 0.3) is 11.6 Å². The third kappa shape index (κ3) is 4.34. The number of benzene rings is 2. The van der Waals surface area contributed by atoms with Gasteiger partial charge in [-0.1, -0.05) is 12.1 Å². The first-order valence-corrected chi connectivity index (χ1v) is 6.54. The fraction of sp³-hybridized carbons (Fsp3) is 0.0667. The Balaban J connectivity index is 1.90. The molecule has 8 heteroatoms. The summed E-state index contributed by atoms with van der Waals surface area (Å²) in [6, 6.07) is 10.6. The van der Waals surface area contributed by atoms with Gasteiger partial charge in [-0.3, -0.25) is 19.7 Å². The van der Waals surface area contributed by atoms with Gasteiger partial charge in [-0.2, -0.15) is 0 Å². The topological polar surface area (TPSA) is 101 Å². The predicted molar refractivity (Wildman–Crippen MR) is 80.5 cm³/mol. The molecule has 0 heterocycles. The van der Waals surface area contributed by atoms with Crippen LogP contribution in [0.25, 0.3) is 0 Å². The van der Waals surface area contributed by atoms with Gasteiger partial charge < -0.3 is 10.6 Å². The van der Waals surface area contributed by atoms with E-state index in [0.717, 1.165) is 0 Å². The number of para-hydroxylation sites is 1. The minimum atomic E-state index is -0.592. The summed E-state index contributed by atoms with van der Waals surface area (Å²) in [5.74, 6) is -1.74. The van der Waals surface area contributed by atoms with Crippen LogP contribution in [0.2, 0.25) is 0 Å².